The Balaban J connectivity index is 4.53. The van der Waals surface area contributed by atoms with Crippen LogP contribution >= 0.6 is 12.8 Å². The predicted octanol–water partition coefficient (Wildman–Crippen LogP) is 2.96. The quantitative estimate of drug-likeness (QED) is 0.341. The van der Waals surface area contributed by atoms with Crippen molar-refractivity contribution in [2.45, 2.75) is 47.1 Å². The van der Waals surface area contributed by atoms with Crippen molar-refractivity contribution in [3.63, 3.8) is 0 Å². The van der Waals surface area contributed by atoms with Gasteiger partial charge < -0.3 is 4.31 Å². The summed E-state index contributed by atoms with van der Waals surface area (Å²) in [5.74, 6) is 0.554. The highest BCUT2D eigenvalue weighted by Gasteiger charge is 2.28. The van der Waals surface area contributed by atoms with Crippen LogP contribution in [0.4, 0.5) is 0 Å². The highest BCUT2D eigenvalue weighted by Crippen LogP contribution is 2.25. The van der Waals surface area contributed by atoms with Crippen molar-refractivity contribution >= 4 is 18.7 Å². The molecule has 0 aliphatic rings. The van der Waals surface area contributed by atoms with Crippen LogP contribution in [0.3, 0.4) is 0 Å². The zero-order valence-electron chi connectivity index (χ0n) is 8.89. The van der Waals surface area contributed by atoms with Crippen molar-refractivity contribution < 1.29 is 0 Å². The standard InChI is InChI=1S/C9H20N2S/c1-8(2,3)7(10)11(12)9(4,5)6/h10,12H,1-6H3. The van der Waals surface area contributed by atoms with Gasteiger partial charge in [0.2, 0.25) is 0 Å². The Labute approximate surface area is 81.4 Å². The molecule has 0 bridgehead atoms. The third kappa shape index (κ3) is 3.05. The normalized spacial score (nSPS) is 12.9. The van der Waals surface area contributed by atoms with E-state index in [1.807, 2.05) is 41.5 Å². The number of hydrogen-bond acceptors (Lipinski definition) is 2. The van der Waals surface area contributed by atoms with Crippen molar-refractivity contribution in [2.24, 2.45) is 5.41 Å². The van der Waals surface area contributed by atoms with Crippen molar-refractivity contribution in [1.82, 2.24) is 4.31 Å². The van der Waals surface area contributed by atoms with Crippen LogP contribution < -0.4 is 0 Å². The molecule has 0 rings (SSSR count). The topological polar surface area (TPSA) is 27.1 Å². The summed E-state index contributed by atoms with van der Waals surface area (Å²) in [6.07, 6.45) is 0. The van der Waals surface area contributed by atoms with Crippen LogP contribution in [0.15, 0.2) is 0 Å². The Morgan fingerprint density at radius 3 is 1.50 bits per heavy atom. The van der Waals surface area contributed by atoms with Gasteiger partial charge in [-0.25, -0.2) is 0 Å². The van der Waals surface area contributed by atoms with Crippen molar-refractivity contribution in [2.75, 3.05) is 0 Å². The predicted molar refractivity (Wildman–Crippen MR) is 57.8 cm³/mol. The van der Waals surface area contributed by atoms with E-state index in [1.54, 1.807) is 4.31 Å². The molecule has 12 heavy (non-hydrogen) atoms. The Bertz CT molecular complexity index is 174. The molecule has 2 nitrogen and oxygen atoms in total. The maximum absolute atomic E-state index is 7.85. The molecule has 0 aromatic carbocycles. The van der Waals surface area contributed by atoms with Gasteiger partial charge in [-0.1, -0.05) is 33.6 Å². The lowest BCUT2D eigenvalue weighted by atomic mass is 9.93. The second-order valence-corrected chi connectivity index (χ2v) is 5.48. The van der Waals surface area contributed by atoms with E-state index < -0.39 is 0 Å². The summed E-state index contributed by atoms with van der Waals surface area (Å²) < 4.78 is 1.72. The fourth-order valence-electron chi connectivity index (χ4n) is 0.653. The fourth-order valence-corrected chi connectivity index (χ4v) is 0.953. The maximum atomic E-state index is 7.85. The third-order valence-corrected chi connectivity index (χ3v) is 2.36. The molecule has 0 radical (unpaired) electrons. The lowest BCUT2D eigenvalue weighted by molar-refractivity contribution is 0.348. The van der Waals surface area contributed by atoms with Gasteiger partial charge in [-0.2, -0.15) is 0 Å². The number of nitrogens with one attached hydrogen (secondary N) is 1. The molecule has 0 unspecified atom stereocenters. The van der Waals surface area contributed by atoms with E-state index in [1.165, 1.54) is 0 Å². The Morgan fingerprint density at radius 2 is 1.42 bits per heavy atom. The first-order valence-electron chi connectivity index (χ1n) is 4.15. The molecule has 0 aromatic rings. The van der Waals surface area contributed by atoms with Gasteiger partial charge in [0.05, 0.1) is 0 Å². The lowest BCUT2D eigenvalue weighted by Gasteiger charge is -2.37. The number of amidine groups is 1. The second-order valence-electron chi connectivity index (χ2n) is 5.08. The molecule has 3 heteroatoms. The Kier molecular flexibility index (Phi) is 3.24. The first-order valence-corrected chi connectivity index (χ1v) is 4.55. The molecule has 0 aromatic heterocycles. The van der Waals surface area contributed by atoms with E-state index in [0.29, 0.717) is 5.84 Å². The largest absolute Gasteiger partial charge is 0.301 e. The van der Waals surface area contributed by atoms with Gasteiger partial charge in [0.15, 0.2) is 0 Å². The minimum Gasteiger partial charge on any atom is -0.301 e. The van der Waals surface area contributed by atoms with Crippen molar-refractivity contribution in [3.05, 3.63) is 0 Å². The molecular formula is C9H20N2S. The summed E-state index contributed by atoms with van der Waals surface area (Å²) in [4.78, 5) is 0. The van der Waals surface area contributed by atoms with E-state index in [2.05, 4.69) is 12.8 Å². The summed E-state index contributed by atoms with van der Waals surface area (Å²) >= 11 is 4.31. The molecular weight excluding hydrogens is 168 g/mol. The monoisotopic (exact) mass is 188 g/mol. The molecule has 0 heterocycles. The van der Waals surface area contributed by atoms with Gasteiger partial charge in [0.25, 0.3) is 0 Å². The van der Waals surface area contributed by atoms with E-state index in [4.69, 9.17) is 5.41 Å². The minimum absolute atomic E-state index is 0.0898. The van der Waals surface area contributed by atoms with Gasteiger partial charge in [0, 0.05) is 11.0 Å². The molecule has 0 amide bonds. The van der Waals surface area contributed by atoms with Crippen molar-refractivity contribution in [1.29, 1.82) is 5.41 Å². The summed E-state index contributed by atoms with van der Waals surface area (Å²) in [5, 5.41) is 7.85. The van der Waals surface area contributed by atoms with Gasteiger partial charge in [-0.05, 0) is 20.8 Å². The Hall–Kier alpha value is -0.180. The van der Waals surface area contributed by atoms with E-state index in [0.717, 1.165) is 0 Å². The van der Waals surface area contributed by atoms with E-state index in [-0.39, 0.29) is 11.0 Å². The average molecular weight is 188 g/mol. The molecule has 0 spiro atoms. The fraction of sp³-hybridized carbons (Fsp3) is 0.889. The molecule has 72 valence electrons. The SMILES string of the molecule is CC(C)(C)C(=N)N(S)C(C)(C)C. The molecule has 0 saturated heterocycles. The van der Waals surface area contributed by atoms with Crippen LogP contribution in [0, 0.1) is 10.8 Å². The number of hydrogen-bond donors (Lipinski definition) is 2. The molecule has 0 atom stereocenters. The van der Waals surface area contributed by atoms with Gasteiger partial charge in [-0.15, -0.1) is 0 Å². The molecule has 0 aliphatic heterocycles. The number of rotatable bonds is 0. The molecule has 0 saturated carbocycles. The number of nitrogens with zero attached hydrogens (tertiary/aromatic N) is 1. The van der Waals surface area contributed by atoms with Gasteiger partial charge in [0.1, 0.15) is 5.84 Å². The van der Waals surface area contributed by atoms with Crippen LogP contribution in [-0.2, 0) is 0 Å². The first-order chi connectivity index (χ1) is 5.07. The molecule has 0 aliphatic carbocycles. The average Bonchev–Trinajstić information content (AvgIpc) is 1.80. The van der Waals surface area contributed by atoms with Crippen LogP contribution in [0.2, 0.25) is 0 Å². The second kappa shape index (κ2) is 3.29. The van der Waals surface area contributed by atoms with Crippen LogP contribution in [-0.4, -0.2) is 15.7 Å². The van der Waals surface area contributed by atoms with E-state index >= 15 is 0 Å². The van der Waals surface area contributed by atoms with Crippen LogP contribution in [0.1, 0.15) is 41.5 Å². The van der Waals surface area contributed by atoms with Gasteiger partial charge >= 0.3 is 0 Å². The molecule has 1 N–H and O–H groups in total. The minimum atomic E-state index is -0.130. The Morgan fingerprint density at radius 1 is 1.08 bits per heavy atom. The third-order valence-electron chi connectivity index (χ3n) is 1.56. The van der Waals surface area contributed by atoms with Crippen LogP contribution in [0.5, 0.6) is 0 Å². The van der Waals surface area contributed by atoms with E-state index in [9.17, 15) is 0 Å². The highest BCUT2D eigenvalue weighted by atomic mass is 32.1. The smallest absolute Gasteiger partial charge is 0.112 e. The summed E-state index contributed by atoms with van der Waals surface area (Å²) in [6, 6.07) is 0. The summed E-state index contributed by atoms with van der Waals surface area (Å²) in [6.45, 7) is 12.2. The zero-order chi connectivity index (χ0) is 10.2. The van der Waals surface area contributed by atoms with Crippen molar-refractivity contribution in [3.8, 4) is 0 Å². The highest BCUT2D eigenvalue weighted by molar-refractivity contribution is 7.78. The summed E-state index contributed by atoms with van der Waals surface area (Å²) in [7, 11) is 0. The summed E-state index contributed by atoms with van der Waals surface area (Å²) in [5.41, 5.74) is -0.220. The first kappa shape index (κ1) is 11.8. The van der Waals surface area contributed by atoms with Crippen LogP contribution in [0.25, 0.3) is 0 Å². The lowest BCUT2D eigenvalue weighted by Crippen LogP contribution is -2.43. The van der Waals surface area contributed by atoms with Gasteiger partial charge in [-0.3, -0.25) is 5.41 Å². The number of thiol groups is 1. The maximum Gasteiger partial charge on any atom is 0.112 e. The zero-order valence-corrected chi connectivity index (χ0v) is 9.79. The molecule has 0 fully saturated rings.